The zero-order valence-electron chi connectivity index (χ0n) is 18.5. The van der Waals surface area contributed by atoms with E-state index in [0.29, 0.717) is 0 Å². The molecule has 0 saturated heterocycles. The van der Waals surface area contributed by atoms with Crippen LogP contribution in [0.15, 0.2) is 97.1 Å². The second kappa shape index (κ2) is 8.78. The third-order valence-corrected chi connectivity index (χ3v) is 7.66. The average Bonchev–Trinajstić information content (AvgIpc) is 3.43. The smallest absolute Gasteiger partial charge is 0.0464 e. The van der Waals surface area contributed by atoms with Gasteiger partial charge < -0.3 is 4.90 Å². The minimum atomic E-state index is 1.16. The standard InChI is InChI=1S/C29H25NS2/c1-20-5-4-6-27(19-20)30(25-13-9-23(10-14-25)28-17-7-21(2)31-28)26-15-11-24(12-16-26)29-18-8-22(3)32-29/h4-19H,1-3H3. The molecule has 0 radical (unpaired) electrons. The van der Waals surface area contributed by atoms with Gasteiger partial charge in [0.05, 0.1) is 0 Å². The molecule has 0 aliphatic heterocycles. The van der Waals surface area contributed by atoms with Gasteiger partial charge in [-0.15, -0.1) is 22.7 Å². The van der Waals surface area contributed by atoms with Gasteiger partial charge in [0.25, 0.3) is 0 Å². The number of anilines is 3. The molecular weight excluding hydrogens is 426 g/mol. The normalized spacial score (nSPS) is 11.0. The Morgan fingerprint density at radius 3 is 1.41 bits per heavy atom. The fourth-order valence-electron chi connectivity index (χ4n) is 3.94. The second-order valence-electron chi connectivity index (χ2n) is 8.09. The van der Waals surface area contributed by atoms with Gasteiger partial charge in [-0.2, -0.15) is 0 Å². The molecule has 0 aliphatic rings. The lowest BCUT2D eigenvalue weighted by molar-refractivity contribution is 1.27. The fourth-order valence-corrected chi connectivity index (χ4v) is 5.69. The summed E-state index contributed by atoms with van der Waals surface area (Å²) in [4.78, 5) is 7.64. The molecule has 3 heteroatoms. The van der Waals surface area contributed by atoms with E-state index >= 15 is 0 Å². The molecule has 158 valence electrons. The zero-order chi connectivity index (χ0) is 22.1. The molecule has 0 spiro atoms. The van der Waals surface area contributed by atoms with E-state index in [1.54, 1.807) is 0 Å². The molecule has 0 unspecified atom stereocenters. The van der Waals surface area contributed by atoms with Crippen LogP contribution in [-0.2, 0) is 0 Å². The van der Waals surface area contributed by atoms with Crippen molar-refractivity contribution in [3.05, 3.63) is 112 Å². The highest BCUT2D eigenvalue weighted by atomic mass is 32.1. The third-order valence-electron chi connectivity index (χ3n) is 5.56. The van der Waals surface area contributed by atoms with E-state index in [1.807, 2.05) is 22.7 Å². The van der Waals surface area contributed by atoms with Crippen LogP contribution < -0.4 is 4.90 Å². The maximum Gasteiger partial charge on any atom is 0.0464 e. The molecule has 0 bridgehead atoms. The molecule has 1 nitrogen and oxygen atoms in total. The van der Waals surface area contributed by atoms with E-state index < -0.39 is 0 Å². The largest absolute Gasteiger partial charge is 0.310 e. The highest BCUT2D eigenvalue weighted by molar-refractivity contribution is 7.15. The Hall–Kier alpha value is -3.14. The number of hydrogen-bond acceptors (Lipinski definition) is 3. The molecule has 5 rings (SSSR count). The van der Waals surface area contributed by atoms with Crippen molar-refractivity contribution in [2.24, 2.45) is 0 Å². The van der Waals surface area contributed by atoms with Gasteiger partial charge in [-0.3, -0.25) is 0 Å². The molecule has 0 atom stereocenters. The molecule has 0 aliphatic carbocycles. The number of aryl methyl sites for hydroxylation is 3. The molecule has 32 heavy (non-hydrogen) atoms. The first-order valence-corrected chi connectivity index (χ1v) is 12.4. The van der Waals surface area contributed by atoms with Crippen LogP contribution in [0.5, 0.6) is 0 Å². The Morgan fingerprint density at radius 2 is 1.00 bits per heavy atom. The lowest BCUT2D eigenvalue weighted by atomic mass is 10.1. The van der Waals surface area contributed by atoms with Gasteiger partial charge in [-0.1, -0.05) is 36.4 Å². The molecule has 0 fully saturated rings. The van der Waals surface area contributed by atoms with E-state index in [-0.39, 0.29) is 0 Å². The van der Waals surface area contributed by atoms with Crippen molar-refractivity contribution in [1.29, 1.82) is 0 Å². The van der Waals surface area contributed by atoms with Crippen molar-refractivity contribution >= 4 is 39.7 Å². The molecule has 0 saturated carbocycles. The van der Waals surface area contributed by atoms with Gasteiger partial charge in [0.2, 0.25) is 0 Å². The zero-order valence-corrected chi connectivity index (χ0v) is 20.1. The first kappa shape index (κ1) is 20.7. The van der Waals surface area contributed by atoms with E-state index in [4.69, 9.17) is 0 Å². The highest BCUT2D eigenvalue weighted by Gasteiger charge is 2.14. The highest BCUT2D eigenvalue weighted by Crippen LogP contribution is 2.38. The number of hydrogen-bond donors (Lipinski definition) is 0. The van der Waals surface area contributed by atoms with Crippen LogP contribution in [0.2, 0.25) is 0 Å². The minimum absolute atomic E-state index is 1.16. The number of benzene rings is 3. The molecular formula is C29H25NS2. The summed E-state index contributed by atoms with van der Waals surface area (Å²) >= 11 is 3.68. The van der Waals surface area contributed by atoms with Crippen molar-refractivity contribution in [1.82, 2.24) is 0 Å². The molecule has 2 heterocycles. The van der Waals surface area contributed by atoms with Crippen molar-refractivity contribution < 1.29 is 0 Å². The molecule has 5 aromatic rings. The maximum atomic E-state index is 2.33. The Bertz CT molecular complexity index is 1260. The van der Waals surface area contributed by atoms with Gasteiger partial charge in [0.1, 0.15) is 0 Å². The summed E-state index contributed by atoms with van der Waals surface area (Å²) in [6, 6.07) is 35.3. The first-order valence-electron chi connectivity index (χ1n) is 10.8. The van der Waals surface area contributed by atoms with Crippen LogP contribution in [0, 0.1) is 20.8 Å². The van der Waals surface area contributed by atoms with Gasteiger partial charge in [-0.25, -0.2) is 0 Å². The van der Waals surface area contributed by atoms with Crippen LogP contribution in [0.3, 0.4) is 0 Å². The minimum Gasteiger partial charge on any atom is -0.310 e. The average molecular weight is 452 g/mol. The van der Waals surface area contributed by atoms with Crippen LogP contribution in [-0.4, -0.2) is 0 Å². The van der Waals surface area contributed by atoms with E-state index in [1.165, 1.54) is 41.9 Å². The van der Waals surface area contributed by atoms with Crippen molar-refractivity contribution in [2.75, 3.05) is 4.90 Å². The van der Waals surface area contributed by atoms with Gasteiger partial charge in [-0.05, 0) is 98.1 Å². The summed E-state index contributed by atoms with van der Waals surface area (Å²) in [5.74, 6) is 0. The Morgan fingerprint density at radius 1 is 0.500 bits per heavy atom. The molecule has 2 aromatic heterocycles. The molecule has 0 amide bonds. The summed E-state index contributed by atoms with van der Waals surface area (Å²) < 4.78 is 0. The summed E-state index contributed by atoms with van der Waals surface area (Å²) in [6.07, 6.45) is 0. The maximum absolute atomic E-state index is 2.33. The summed E-state index contributed by atoms with van der Waals surface area (Å²) in [5, 5.41) is 0. The van der Waals surface area contributed by atoms with E-state index in [0.717, 1.165) is 11.4 Å². The number of thiophene rings is 2. The molecule has 3 aromatic carbocycles. The van der Waals surface area contributed by atoms with Crippen molar-refractivity contribution in [3.8, 4) is 20.9 Å². The summed E-state index contributed by atoms with van der Waals surface area (Å²) in [7, 11) is 0. The van der Waals surface area contributed by atoms with Gasteiger partial charge in [0.15, 0.2) is 0 Å². The third kappa shape index (κ3) is 4.27. The van der Waals surface area contributed by atoms with Crippen LogP contribution in [0.25, 0.3) is 20.9 Å². The van der Waals surface area contributed by atoms with Crippen LogP contribution >= 0.6 is 22.7 Å². The SMILES string of the molecule is Cc1cccc(N(c2ccc(-c3ccc(C)s3)cc2)c2ccc(-c3ccc(C)s3)cc2)c1. The van der Waals surface area contributed by atoms with Crippen LogP contribution in [0.1, 0.15) is 15.3 Å². The van der Waals surface area contributed by atoms with Gasteiger partial charge in [0, 0.05) is 36.6 Å². The Balaban J connectivity index is 1.54. The lowest BCUT2D eigenvalue weighted by Gasteiger charge is -2.26. The number of rotatable bonds is 5. The number of nitrogens with zero attached hydrogens (tertiary/aromatic N) is 1. The van der Waals surface area contributed by atoms with E-state index in [9.17, 15) is 0 Å². The molecule has 0 N–H and O–H groups in total. The monoisotopic (exact) mass is 451 g/mol. The van der Waals surface area contributed by atoms with Crippen molar-refractivity contribution in [3.63, 3.8) is 0 Å². The topological polar surface area (TPSA) is 3.24 Å². The summed E-state index contributed by atoms with van der Waals surface area (Å²) in [5.41, 5.74) is 7.27. The predicted molar refractivity (Wildman–Crippen MR) is 142 cm³/mol. The Kier molecular flexibility index (Phi) is 5.69. The first-order chi connectivity index (χ1) is 15.6. The fraction of sp³-hybridized carbons (Fsp3) is 0.103. The lowest BCUT2D eigenvalue weighted by Crippen LogP contribution is -2.09. The second-order valence-corrected chi connectivity index (χ2v) is 10.7. The quantitative estimate of drug-likeness (QED) is 0.257. The van der Waals surface area contributed by atoms with Crippen molar-refractivity contribution in [2.45, 2.75) is 20.8 Å². The van der Waals surface area contributed by atoms with E-state index in [2.05, 4.69) is 123 Å². The summed E-state index contributed by atoms with van der Waals surface area (Å²) in [6.45, 7) is 6.46. The van der Waals surface area contributed by atoms with Gasteiger partial charge >= 0.3 is 0 Å². The van der Waals surface area contributed by atoms with Crippen LogP contribution in [0.4, 0.5) is 17.1 Å². The Labute approximate surface area is 198 Å². The predicted octanol–water partition coefficient (Wildman–Crippen LogP) is 9.54.